The summed E-state index contributed by atoms with van der Waals surface area (Å²) in [5.74, 6) is -1.88. The second kappa shape index (κ2) is 6.20. The minimum atomic E-state index is -1.57. The number of halogens is 2. The molecule has 0 saturated heterocycles. The number of carboxylic acid groups (broad SMARTS) is 1. The summed E-state index contributed by atoms with van der Waals surface area (Å²) in [4.78, 5) is 22.2. The average Bonchev–Trinajstić information content (AvgIpc) is 2.35. The number of rotatable bonds is 5. The van der Waals surface area contributed by atoms with E-state index in [4.69, 9.17) is 21.4 Å². The number of hydrogen-bond acceptors (Lipinski definition) is 3. The number of ether oxygens (including phenoxy) is 1. The number of carboxylic acids is 1. The molecule has 0 spiro atoms. The molecule has 0 aliphatic rings. The van der Waals surface area contributed by atoms with Crippen molar-refractivity contribution >= 4 is 23.5 Å². The summed E-state index contributed by atoms with van der Waals surface area (Å²) in [7, 11) is 1.38. The Morgan fingerprint density at radius 3 is 2.72 bits per heavy atom. The highest BCUT2D eigenvalue weighted by atomic mass is 35.5. The Morgan fingerprint density at radius 2 is 2.22 bits per heavy atom. The second-order valence-electron chi connectivity index (χ2n) is 3.37. The monoisotopic (exact) mass is 275 g/mol. The van der Waals surface area contributed by atoms with Crippen LogP contribution in [0.3, 0.4) is 0 Å². The van der Waals surface area contributed by atoms with Crippen LogP contribution in [-0.4, -0.2) is 36.8 Å². The van der Waals surface area contributed by atoms with Gasteiger partial charge in [-0.2, -0.15) is 0 Å². The summed E-state index contributed by atoms with van der Waals surface area (Å²) in [5, 5.41) is 11.0. The predicted octanol–water partition coefficient (Wildman–Crippen LogP) is 1.50. The summed E-state index contributed by atoms with van der Waals surface area (Å²) in [5.41, 5.74) is 0.135. The molecule has 1 atom stereocenters. The number of nitrogens with one attached hydrogen (secondary N) is 1. The predicted molar refractivity (Wildman–Crippen MR) is 62.9 cm³/mol. The Labute approximate surface area is 108 Å². The van der Waals surface area contributed by atoms with Crippen molar-refractivity contribution in [3.8, 4) is 5.75 Å². The van der Waals surface area contributed by atoms with Gasteiger partial charge in [-0.25, -0.2) is 9.18 Å². The molecule has 0 aliphatic heterocycles. The van der Waals surface area contributed by atoms with E-state index in [9.17, 15) is 14.0 Å². The lowest BCUT2D eigenvalue weighted by Gasteiger charge is -2.11. The maximum atomic E-state index is 12.4. The van der Waals surface area contributed by atoms with Crippen molar-refractivity contribution in [1.29, 1.82) is 0 Å². The smallest absolute Gasteiger partial charge is 0.328 e. The SMILES string of the molecule is COc1cc(C(=O)NC(CF)C(=O)O)ccc1Cl. The first-order chi connectivity index (χ1) is 8.49. The van der Waals surface area contributed by atoms with Gasteiger partial charge in [0, 0.05) is 5.56 Å². The Balaban J connectivity index is 2.87. The number of benzene rings is 1. The number of alkyl halides is 1. The van der Waals surface area contributed by atoms with E-state index in [1.165, 1.54) is 25.3 Å². The highest BCUT2D eigenvalue weighted by molar-refractivity contribution is 6.32. The molecular formula is C11H11ClFNO4. The van der Waals surface area contributed by atoms with E-state index < -0.39 is 24.6 Å². The van der Waals surface area contributed by atoms with E-state index in [-0.39, 0.29) is 11.3 Å². The Kier molecular flexibility index (Phi) is 4.91. The molecule has 1 aromatic rings. The van der Waals surface area contributed by atoms with Crippen molar-refractivity contribution < 1.29 is 23.8 Å². The quantitative estimate of drug-likeness (QED) is 0.854. The van der Waals surface area contributed by atoms with Crippen LogP contribution in [-0.2, 0) is 4.79 Å². The first-order valence-electron chi connectivity index (χ1n) is 4.92. The Hall–Kier alpha value is -1.82. The average molecular weight is 276 g/mol. The van der Waals surface area contributed by atoms with Crippen molar-refractivity contribution in [3.05, 3.63) is 28.8 Å². The maximum absolute atomic E-state index is 12.4. The van der Waals surface area contributed by atoms with Crippen LogP contribution in [0.15, 0.2) is 18.2 Å². The van der Waals surface area contributed by atoms with E-state index in [0.717, 1.165) is 0 Å². The van der Waals surface area contributed by atoms with Crippen LogP contribution < -0.4 is 10.1 Å². The standard InChI is InChI=1S/C11H11ClFNO4/c1-18-9-4-6(2-3-7(9)12)10(15)14-8(5-13)11(16)17/h2-4,8H,5H2,1H3,(H,14,15)(H,16,17). The van der Waals surface area contributed by atoms with E-state index in [1.54, 1.807) is 0 Å². The number of amides is 1. The molecule has 98 valence electrons. The fraction of sp³-hybridized carbons (Fsp3) is 0.273. The number of carbonyl (C=O) groups excluding carboxylic acids is 1. The number of aliphatic carboxylic acids is 1. The molecule has 2 N–H and O–H groups in total. The molecule has 0 fully saturated rings. The van der Waals surface area contributed by atoms with Gasteiger partial charge in [-0.15, -0.1) is 0 Å². The van der Waals surface area contributed by atoms with Crippen molar-refractivity contribution in [2.24, 2.45) is 0 Å². The van der Waals surface area contributed by atoms with Crippen LogP contribution in [0.4, 0.5) is 4.39 Å². The molecule has 0 heterocycles. The lowest BCUT2D eigenvalue weighted by molar-refractivity contribution is -0.139. The summed E-state index contributed by atoms with van der Waals surface area (Å²) in [6, 6.07) is 2.59. The molecule has 1 rings (SSSR count). The molecule has 5 nitrogen and oxygen atoms in total. The molecule has 0 radical (unpaired) electrons. The Bertz CT molecular complexity index is 466. The van der Waals surface area contributed by atoms with E-state index in [2.05, 4.69) is 0 Å². The molecule has 0 aliphatic carbocycles. The third-order valence-electron chi connectivity index (χ3n) is 2.17. The maximum Gasteiger partial charge on any atom is 0.328 e. The summed E-state index contributed by atoms with van der Waals surface area (Å²) >= 11 is 5.77. The summed E-state index contributed by atoms with van der Waals surface area (Å²) in [6.45, 7) is -1.19. The van der Waals surface area contributed by atoms with Gasteiger partial charge in [0.15, 0.2) is 6.04 Å². The number of hydrogen-bond donors (Lipinski definition) is 2. The molecule has 1 amide bonds. The zero-order valence-corrected chi connectivity index (χ0v) is 10.2. The first-order valence-corrected chi connectivity index (χ1v) is 5.30. The highest BCUT2D eigenvalue weighted by Crippen LogP contribution is 2.24. The Morgan fingerprint density at radius 1 is 1.56 bits per heavy atom. The third-order valence-corrected chi connectivity index (χ3v) is 2.48. The largest absolute Gasteiger partial charge is 0.495 e. The molecule has 0 bridgehead atoms. The lowest BCUT2D eigenvalue weighted by atomic mass is 10.2. The zero-order chi connectivity index (χ0) is 13.7. The summed E-state index contributed by atoms with van der Waals surface area (Å²) in [6.07, 6.45) is 0. The lowest BCUT2D eigenvalue weighted by Crippen LogP contribution is -2.42. The van der Waals surface area contributed by atoms with Crippen molar-refractivity contribution in [3.63, 3.8) is 0 Å². The van der Waals surface area contributed by atoms with Crippen LogP contribution >= 0.6 is 11.6 Å². The zero-order valence-electron chi connectivity index (χ0n) is 9.44. The minimum absolute atomic E-state index is 0.135. The third kappa shape index (κ3) is 3.33. The normalized spacial score (nSPS) is 11.7. The second-order valence-corrected chi connectivity index (χ2v) is 3.78. The van der Waals surface area contributed by atoms with Crippen LogP contribution in [0.2, 0.25) is 5.02 Å². The number of methoxy groups -OCH3 is 1. The van der Waals surface area contributed by atoms with Gasteiger partial charge in [-0.05, 0) is 18.2 Å². The van der Waals surface area contributed by atoms with E-state index in [0.29, 0.717) is 5.02 Å². The van der Waals surface area contributed by atoms with Crippen LogP contribution in [0.5, 0.6) is 5.75 Å². The first kappa shape index (κ1) is 14.2. The topological polar surface area (TPSA) is 75.6 Å². The summed E-state index contributed by atoms with van der Waals surface area (Å²) < 4.78 is 17.3. The molecule has 18 heavy (non-hydrogen) atoms. The number of carbonyl (C=O) groups is 2. The van der Waals surface area contributed by atoms with Gasteiger partial charge in [-0.3, -0.25) is 4.79 Å². The molecular weight excluding hydrogens is 265 g/mol. The molecule has 7 heteroatoms. The van der Waals surface area contributed by atoms with Gasteiger partial charge < -0.3 is 15.2 Å². The van der Waals surface area contributed by atoms with Gasteiger partial charge in [0.05, 0.1) is 12.1 Å². The molecule has 0 aromatic heterocycles. The molecule has 0 saturated carbocycles. The van der Waals surface area contributed by atoms with Crippen molar-refractivity contribution in [2.75, 3.05) is 13.8 Å². The van der Waals surface area contributed by atoms with Crippen LogP contribution in [0.1, 0.15) is 10.4 Å². The van der Waals surface area contributed by atoms with Gasteiger partial charge in [0.25, 0.3) is 5.91 Å². The van der Waals surface area contributed by atoms with Gasteiger partial charge >= 0.3 is 5.97 Å². The molecule has 1 aromatic carbocycles. The minimum Gasteiger partial charge on any atom is -0.495 e. The van der Waals surface area contributed by atoms with Crippen LogP contribution in [0, 0.1) is 0 Å². The van der Waals surface area contributed by atoms with E-state index in [1.807, 2.05) is 5.32 Å². The van der Waals surface area contributed by atoms with Crippen molar-refractivity contribution in [1.82, 2.24) is 5.32 Å². The molecule has 1 unspecified atom stereocenters. The fourth-order valence-electron chi connectivity index (χ4n) is 1.21. The van der Waals surface area contributed by atoms with Gasteiger partial charge in [0.1, 0.15) is 12.4 Å². The van der Waals surface area contributed by atoms with Gasteiger partial charge in [0.2, 0.25) is 0 Å². The van der Waals surface area contributed by atoms with Gasteiger partial charge in [-0.1, -0.05) is 11.6 Å². The van der Waals surface area contributed by atoms with E-state index >= 15 is 0 Å². The highest BCUT2D eigenvalue weighted by Gasteiger charge is 2.20. The van der Waals surface area contributed by atoms with Crippen LogP contribution in [0.25, 0.3) is 0 Å². The fourth-order valence-corrected chi connectivity index (χ4v) is 1.40. The van der Waals surface area contributed by atoms with Crippen molar-refractivity contribution in [2.45, 2.75) is 6.04 Å².